The van der Waals surface area contributed by atoms with Crippen LogP contribution in [0.3, 0.4) is 0 Å². The van der Waals surface area contributed by atoms with Crippen LogP contribution >= 0.6 is 0 Å². The maximum atomic E-state index is 12.2. The lowest BCUT2D eigenvalue weighted by atomic mass is 10.2. The van der Waals surface area contributed by atoms with E-state index in [0.29, 0.717) is 11.4 Å². The molecule has 6 heteroatoms. The lowest BCUT2D eigenvalue weighted by Gasteiger charge is -2.21. The third-order valence-corrected chi connectivity index (χ3v) is 4.71. The minimum atomic E-state index is -0.691. The molecule has 0 fully saturated rings. The molecule has 2 amide bonds. The molecule has 2 aromatic rings. The molecule has 0 bridgehead atoms. The monoisotopic (exact) mass is 382 g/mol. The van der Waals surface area contributed by atoms with Gasteiger partial charge in [-0.15, -0.1) is 0 Å². The molecular formula is C22H30N4O2. The van der Waals surface area contributed by atoms with Gasteiger partial charge >= 0.3 is 11.8 Å². The van der Waals surface area contributed by atoms with E-state index in [-0.39, 0.29) is 0 Å². The van der Waals surface area contributed by atoms with Crippen molar-refractivity contribution in [2.45, 2.75) is 27.7 Å². The van der Waals surface area contributed by atoms with E-state index >= 15 is 0 Å². The van der Waals surface area contributed by atoms with Crippen molar-refractivity contribution in [1.82, 2.24) is 0 Å². The second-order valence-corrected chi connectivity index (χ2v) is 6.35. The van der Waals surface area contributed by atoms with Crippen molar-refractivity contribution < 1.29 is 9.59 Å². The minimum Gasteiger partial charge on any atom is -0.372 e. The van der Waals surface area contributed by atoms with Crippen molar-refractivity contribution in [3.63, 3.8) is 0 Å². The summed E-state index contributed by atoms with van der Waals surface area (Å²) in [5, 5.41) is 5.27. The molecule has 28 heavy (non-hydrogen) atoms. The van der Waals surface area contributed by atoms with Crippen molar-refractivity contribution in [3.8, 4) is 0 Å². The molecule has 0 heterocycles. The zero-order valence-electron chi connectivity index (χ0n) is 17.2. The molecule has 2 rings (SSSR count). The Morgan fingerprint density at radius 2 is 0.893 bits per heavy atom. The summed E-state index contributed by atoms with van der Waals surface area (Å²) in [6.07, 6.45) is 0. The first-order valence-corrected chi connectivity index (χ1v) is 9.84. The standard InChI is InChI=1S/C22H30N4O2/c1-5-25(6-2)19-13-9-17(10-14-19)23-21(27)22(28)24-18-11-15-20(16-12-18)26(7-3)8-4/h9-16H,5-8H2,1-4H3,(H,23,27)(H,24,28). The zero-order valence-corrected chi connectivity index (χ0v) is 17.2. The van der Waals surface area contributed by atoms with Gasteiger partial charge in [-0.3, -0.25) is 9.59 Å². The van der Waals surface area contributed by atoms with Gasteiger partial charge < -0.3 is 20.4 Å². The van der Waals surface area contributed by atoms with Gasteiger partial charge in [0.1, 0.15) is 0 Å². The first kappa shape index (κ1) is 21.3. The molecule has 0 aromatic heterocycles. The molecule has 150 valence electrons. The first-order valence-electron chi connectivity index (χ1n) is 9.84. The van der Waals surface area contributed by atoms with Crippen LogP contribution in [-0.4, -0.2) is 38.0 Å². The third-order valence-electron chi connectivity index (χ3n) is 4.71. The first-order chi connectivity index (χ1) is 13.5. The predicted molar refractivity (Wildman–Crippen MR) is 117 cm³/mol. The molecule has 0 radical (unpaired) electrons. The normalized spacial score (nSPS) is 10.3. The molecule has 0 atom stereocenters. The lowest BCUT2D eigenvalue weighted by molar-refractivity contribution is -0.132. The molecule has 0 aliphatic heterocycles. The molecule has 0 spiro atoms. The highest BCUT2D eigenvalue weighted by Crippen LogP contribution is 2.19. The zero-order chi connectivity index (χ0) is 20.5. The Kier molecular flexibility index (Phi) is 7.87. The topological polar surface area (TPSA) is 64.7 Å². The molecule has 2 aromatic carbocycles. The van der Waals surface area contributed by atoms with E-state index in [0.717, 1.165) is 37.6 Å². The summed E-state index contributed by atoms with van der Waals surface area (Å²) in [7, 11) is 0. The molecular weight excluding hydrogens is 352 g/mol. The largest absolute Gasteiger partial charge is 0.372 e. The highest BCUT2D eigenvalue weighted by atomic mass is 16.2. The van der Waals surface area contributed by atoms with Gasteiger partial charge in [-0.1, -0.05) is 0 Å². The van der Waals surface area contributed by atoms with E-state index in [2.05, 4.69) is 48.1 Å². The number of hydrogen-bond donors (Lipinski definition) is 2. The summed E-state index contributed by atoms with van der Waals surface area (Å²) >= 11 is 0. The number of carbonyl (C=O) groups is 2. The summed E-state index contributed by atoms with van der Waals surface area (Å²) in [6.45, 7) is 12.0. The Balaban J connectivity index is 1.95. The number of carbonyl (C=O) groups excluding carboxylic acids is 2. The van der Waals surface area contributed by atoms with Crippen LogP contribution in [0.1, 0.15) is 27.7 Å². The number of nitrogens with one attached hydrogen (secondary N) is 2. The number of nitrogens with zero attached hydrogens (tertiary/aromatic N) is 2. The van der Waals surface area contributed by atoms with Crippen LogP contribution in [-0.2, 0) is 9.59 Å². The highest BCUT2D eigenvalue weighted by molar-refractivity contribution is 6.43. The van der Waals surface area contributed by atoms with Gasteiger partial charge in [-0.2, -0.15) is 0 Å². The van der Waals surface area contributed by atoms with E-state index in [9.17, 15) is 9.59 Å². The molecule has 0 saturated heterocycles. The molecule has 0 saturated carbocycles. The fourth-order valence-electron chi connectivity index (χ4n) is 3.06. The summed E-state index contributed by atoms with van der Waals surface area (Å²) in [4.78, 5) is 28.8. The predicted octanol–water partition coefficient (Wildman–Crippen LogP) is 3.96. The Bertz CT molecular complexity index is 697. The van der Waals surface area contributed by atoms with Gasteiger partial charge in [0, 0.05) is 48.9 Å². The van der Waals surface area contributed by atoms with Gasteiger partial charge in [0.15, 0.2) is 0 Å². The molecule has 0 aliphatic carbocycles. The van der Waals surface area contributed by atoms with Gasteiger partial charge in [0.25, 0.3) is 0 Å². The average molecular weight is 383 g/mol. The maximum absolute atomic E-state index is 12.2. The number of hydrogen-bond acceptors (Lipinski definition) is 4. The van der Waals surface area contributed by atoms with Gasteiger partial charge in [-0.25, -0.2) is 0 Å². The quantitative estimate of drug-likeness (QED) is 0.679. The SMILES string of the molecule is CCN(CC)c1ccc(NC(=O)C(=O)Nc2ccc(N(CC)CC)cc2)cc1. The maximum Gasteiger partial charge on any atom is 0.314 e. The van der Waals surface area contributed by atoms with E-state index < -0.39 is 11.8 Å². The van der Waals surface area contributed by atoms with Crippen molar-refractivity contribution in [2.24, 2.45) is 0 Å². The summed E-state index contributed by atoms with van der Waals surface area (Å²) < 4.78 is 0. The van der Waals surface area contributed by atoms with Crippen molar-refractivity contribution in [1.29, 1.82) is 0 Å². The van der Waals surface area contributed by atoms with E-state index in [1.165, 1.54) is 0 Å². The Morgan fingerprint density at radius 1 is 0.607 bits per heavy atom. The summed E-state index contributed by atoms with van der Waals surface area (Å²) in [5.74, 6) is -1.38. The smallest absolute Gasteiger partial charge is 0.314 e. The van der Waals surface area contributed by atoms with E-state index in [4.69, 9.17) is 0 Å². The average Bonchev–Trinajstić information content (AvgIpc) is 2.72. The van der Waals surface area contributed by atoms with Crippen molar-refractivity contribution >= 4 is 34.6 Å². The van der Waals surface area contributed by atoms with E-state index in [1.54, 1.807) is 24.3 Å². The molecule has 6 nitrogen and oxygen atoms in total. The van der Waals surface area contributed by atoms with Crippen molar-refractivity contribution in [2.75, 3.05) is 46.6 Å². The summed E-state index contributed by atoms with van der Waals surface area (Å²) in [6, 6.07) is 15.0. The number of rotatable bonds is 8. The second kappa shape index (κ2) is 10.3. The van der Waals surface area contributed by atoms with Crippen LogP contribution in [0.25, 0.3) is 0 Å². The van der Waals surface area contributed by atoms with Crippen LogP contribution in [0.15, 0.2) is 48.5 Å². The fourth-order valence-corrected chi connectivity index (χ4v) is 3.06. The summed E-state index contributed by atoms with van der Waals surface area (Å²) in [5.41, 5.74) is 3.35. The van der Waals surface area contributed by atoms with Gasteiger partial charge in [0.05, 0.1) is 0 Å². The van der Waals surface area contributed by atoms with Crippen molar-refractivity contribution in [3.05, 3.63) is 48.5 Å². The van der Waals surface area contributed by atoms with E-state index in [1.807, 2.05) is 24.3 Å². The fraction of sp³-hybridized carbons (Fsp3) is 0.364. The van der Waals surface area contributed by atoms with Crippen LogP contribution in [0, 0.1) is 0 Å². The lowest BCUT2D eigenvalue weighted by Crippen LogP contribution is -2.29. The molecule has 0 aliphatic rings. The van der Waals surface area contributed by atoms with Crippen LogP contribution in [0.5, 0.6) is 0 Å². The third kappa shape index (κ3) is 5.49. The van der Waals surface area contributed by atoms with Crippen LogP contribution in [0.4, 0.5) is 22.7 Å². The Labute approximate surface area is 167 Å². The Hall–Kier alpha value is -3.02. The number of anilines is 4. The molecule has 2 N–H and O–H groups in total. The van der Waals surface area contributed by atoms with Crippen LogP contribution < -0.4 is 20.4 Å². The second-order valence-electron chi connectivity index (χ2n) is 6.35. The highest BCUT2D eigenvalue weighted by Gasteiger charge is 2.14. The van der Waals surface area contributed by atoms with Crippen LogP contribution in [0.2, 0.25) is 0 Å². The number of amides is 2. The molecule has 0 unspecified atom stereocenters. The number of benzene rings is 2. The van der Waals surface area contributed by atoms with Gasteiger partial charge in [-0.05, 0) is 76.2 Å². The Morgan fingerprint density at radius 3 is 1.14 bits per heavy atom. The van der Waals surface area contributed by atoms with Gasteiger partial charge in [0.2, 0.25) is 0 Å². The minimum absolute atomic E-state index is 0.591.